The van der Waals surface area contributed by atoms with Crippen molar-refractivity contribution in [3.05, 3.63) is 82.4 Å². The van der Waals surface area contributed by atoms with E-state index in [9.17, 15) is 0 Å². The molecule has 0 radical (unpaired) electrons. The van der Waals surface area contributed by atoms with Crippen LogP contribution in [0.1, 0.15) is 74.9 Å². The lowest BCUT2D eigenvalue weighted by atomic mass is 9.96. The van der Waals surface area contributed by atoms with Gasteiger partial charge >= 0.3 is 0 Å². The van der Waals surface area contributed by atoms with E-state index in [4.69, 9.17) is 35.6 Å². The molecule has 0 fully saturated rings. The van der Waals surface area contributed by atoms with E-state index in [2.05, 4.69) is 19.1 Å². The van der Waals surface area contributed by atoms with Crippen LogP contribution < -0.4 is 18.9 Å². The number of ether oxygens (including phenoxy) is 4. The molecule has 0 aliphatic carbocycles. The maximum atomic E-state index is 6.53. The summed E-state index contributed by atoms with van der Waals surface area (Å²) in [5.74, 6) is 3.10. The van der Waals surface area contributed by atoms with Gasteiger partial charge in [-0.05, 0) is 79.6 Å². The van der Waals surface area contributed by atoms with Crippen LogP contribution in [-0.4, -0.2) is 31.0 Å². The van der Waals surface area contributed by atoms with Crippen molar-refractivity contribution in [1.29, 1.82) is 0 Å². The number of hydrogen-bond acceptors (Lipinski definition) is 6. The molecule has 0 bridgehead atoms. The predicted octanol–water partition coefficient (Wildman–Crippen LogP) is 7.95. The van der Waals surface area contributed by atoms with Crippen molar-refractivity contribution < 1.29 is 18.9 Å². The van der Waals surface area contributed by atoms with Crippen LogP contribution in [-0.2, 0) is 0 Å². The molecule has 2 atom stereocenters. The van der Waals surface area contributed by atoms with Crippen LogP contribution in [0.25, 0.3) is 0 Å². The molecular formula is C31H35ClN2O4. The Morgan fingerprint density at radius 3 is 2.55 bits per heavy atom. The van der Waals surface area contributed by atoms with E-state index >= 15 is 0 Å². The Labute approximate surface area is 230 Å². The second-order valence-electron chi connectivity index (χ2n) is 9.58. The van der Waals surface area contributed by atoms with Crippen molar-refractivity contribution in [2.75, 3.05) is 20.3 Å². The van der Waals surface area contributed by atoms with E-state index in [0.717, 1.165) is 52.5 Å². The van der Waals surface area contributed by atoms with Gasteiger partial charge in [0.15, 0.2) is 11.5 Å². The highest BCUT2D eigenvalue weighted by Crippen LogP contribution is 2.49. The maximum Gasteiger partial charge on any atom is 0.214 e. The van der Waals surface area contributed by atoms with Gasteiger partial charge < -0.3 is 18.9 Å². The summed E-state index contributed by atoms with van der Waals surface area (Å²) < 4.78 is 23.9. The molecule has 0 spiro atoms. The Balaban J connectivity index is 1.44. The molecule has 0 aromatic heterocycles. The number of hydrazone groups is 1. The van der Waals surface area contributed by atoms with Crippen molar-refractivity contribution in [2.24, 2.45) is 5.10 Å². The molecule has 6 nitrogen and oxygen atoms in total. The Bertz CT molecular complexity index is 1280. The number of fused-ring (bicyclic) bond motifs is 3. The molecule has 3 aromatic carbocycles. The largest absolute Gasteiger partial charge is 0.494 e. The van der Waals surface area contributed by atoms with Crippen LogP contribution >= 0.6 is 11.6 Å². The number of rotatable bonds is 11. The Kier molecular flexibility index (Phi) is 8.28. The Hall–Kier alpha value is -3.38. The summed E-state index contributed by atoms with van der Waals surface area (Å²) in [5, 5.41) is 7.80. The minimum Gasteiger partial charge on any atom is -0.494 e. The van der Waals surface area contributed by atoms with E-state index < -0.39 is 6.23 Å². The summed E-state index contributed by atoms with van der Waals surface area (Å²) in [6.07, 6.45) is 4.96. The van der Waals surface area contributed by atoms with Gasteiger partial charge in [0, 0.05) is 22.6 Å². The highest BCUT2D eigenvalue weighted by atomic mass is 35.5. The summed E-state index contributed by atoms with van der Waals surface area (Å²) in [7, 11) is 1.67. The maximum absolute atomic E-state index is 6.53. The van der Waals surface area contributed by atoms with Gasteiger partial charge in [-0.2, -0.15) is 5.10 Å². The van der Waals surface area contributed by atoms with Crippen LogP contribution in [0, 0.1) is 0 Å². The molecule has 0 amide bonds. The first-order valence-electron chi connectivity index (χ1n) is 13.5. The third kappa shape index (κ3) is 5.56. The second-order valence-corrected chi connectivity index (χ2v) is 10.0. The van der Waals surface area contributed by atoms with E-state index in [1.54, 1.807) is 7.11 Å². The van der Waals surface area contributed by atoms with Gasteiger partial charge in [-0.3, -0.25) is 0 Å². The second kappa shape index (κ2) is 12.0. The fourth-order valence-corrected chi connectivity index (χ4v) is 5.21. The molecule has 2 aliphatic heterocycles. The summed E-state index contributed by atoms with van der Waals surface area (Å²) >= 11 is 6.39. The lowest BCUT2D eigenvalue weighted by Crippen LogP contribution is -2.33. The lowest BCUT2D eigenvalue weighted by molar-refractivity contribution is -0.0191. The van der Waals surface area contributed by atoms with E-state index in [0.29, 0.717) is 24.0 Å². The van der Waals surface area contributed by atoms with Crippen LogP contribution in [0.15, 0.2) is 65.8 Å². The van der Waals surface area contributed by atoms with Gasteiger partial charge in [-0.15, -0.1) is 0 Å². The van der Waals surface area contributed by atoms with Gasteiger partial charge in [-0.1, -0.05) is 37.8 Å². The summed E-state index contributed by atoms with van der Waals surface area (Å²) in [6.45, 7) is 5.50. The van der Waals surface area contributed by atoms with Gasteiger partial charge in [0.2, 0.25) is 6.23 Å². The van der Waals surface area contributed by atoms with Crippen LogP contribution in [0.4, 0.5) is 0 Å². The van der Waals surface area contributed by atoms with E-state index in [-0.39, 0.29) is 6.04 Å². The molecule has 7 heteroatoms. The van der Waals surface area contributed by atoms with Crippen LogP contribution in [0.3, 0.4) is 0 Å². The Morgan fingerprint density at radius 1 is 0.947 bits per heavy atom. The zero-order valence-corrected chi connectivity index (χ0v) is 23.0. The van der Waals surface area contributed by atoms with Crippen molar-refractivity contribution >= 4 is 17.3 Å². The van der Waals surface area contributed by atoms with Gasteiger partial charge in [0.05, 0.1) is 32.1 Å². The number of hydrogen-bond donors (Lipinski definition) is 0. The fourth-order valence-electron chi connectivity index (χ4n) is 5.03. The van der Waals surface area contributed by atoms with Crippen LogP contribution in [0.5, 0.6) is 23.0 Å². The van der Waals surface area contributed by atoms with Crippen molar-refractivity contribution in [3.8, 4) is 23.0 Å². The molecule has 0 saturated heterocycles. The lowest BCUT2D eigenvalue weighted by Gasteiger charge is -2.38. The minimum absolute atomic E-state index is 0.00417. The smallest absolute Gasteiger partial charge is 0.214 e. The fraction of sp³-hybridized carbons (Fsp3) is 0.387. The molecule has 2 heterocycles. The molecule has 200 valence electrons. The van der Waals surface area contributed by atoms with Crippen molar-refractivity contribution in [2.45, 2.75) is 58.2 Å². The Morgan fingerprint density at radius 2 is 1.79 bits per heavy atom. The number of nitrogens with zero attached hydrogens (tertiary/aromatic N) is 2. The normalized spacial score (nSPS) is 17.8. The predicted molar refractivity (Wildman–Crippen MR) is 151 cm³/mol. The highest BCUT2D eigenvalue weighted by molar-refractivity contribution is 6.30. The van der Waals surface area contributed by atoms with Gasteiger partial charge in [0.1, 0.15) is 11.5 Å². The molecule has 5 rings (SSSR count). The number of unbranched alkanes of at least 4 members (excludes halogenated alkanes) is 3. The first-order valence-corrected chi connectivity index (χ1v) is 13.8. The zero-order valence-electron chi connectivity index (χ0n) is 22.3. The molecule has 2 aliphatic rings. The molecule has 0 saturated carbocycles. The molecule has 0 N–H and O–H groups in total. The number of methoxy groups -OCH3 is 1. The first kappa shape index (κ1) is 26.2. The van der Waals surface area contributed by atoms with E-state index in [1.807, 2.05) is 60.5 Å². The third-order valence-electron chi connectivity index (χ3n) is 6.98. The topological polar surface area (TPSA) is 52.5 Å². The molecule has 38 heavy (non-hydrogen) atoms. The van der Waals surface area contributed by atoms with E-state index in [1.165, 1.54) is 19.3 Å². The SMILES string of the molecule is CCCCCCOc1ccc([C@H]2Oc3ccc(Cl)cc3[C@H]3CC(c4ccc(OCC)cc4)=NN32)cc1OC. The van der Waals surface area contributed by atoms with Crippen molar-refractivity contribution in [1.82, 2.24) is 5.01 Å². The van der Waals surface area contributed by atoms with Gasteiger partial charge in [0.25, 0.3) is 0 Å². The third-order valence-corrected chi connectivity index (χ3v) is 7.21. The summed E-state index contributed by atoms with van der Waals surface area (Å²) in [5.41, 5.74) is 4.05. The highest BCUT2D eigenvalue weighted by Gasteiger charge is 2.41. The molecular weight excluding hydrogens is 500 g/mol. The van der Waals surface area contributed by atoms with Gasteiger partial charge in [-0.25, -0.2) is 5.01 Å². The first-order chi connectivity index (χ1) is 18.6. The monoisotopic (exact) mass is 534 g/mol. The molecule has 3 aromatic rings. The standard InChI is InChI=1S/C31H35ClN2O4/c1-4-6-7-8-17-37-29-15-11-22(18-30(29)35-3)31-34-27(25-19-23(32)12-16-28(25)38-31)20-26(33-34)21-9-13-24(14-10-21)36-5-2/h9-16,18-19,27,31H,4-8,17,20H2,1-3H3/t27-,31-/m1/s1. The zero-order chi connectivity index (χ0) is 26.5. The summed E-state index contributed by atoms with van der Waals surface area (Å²) in [4.78, 5) is 0. The number of benzene rings is 3. The number of halogens is 1. The average molecular weight is 535 g/mol. The molecule has 0 unspecified atom stereocenters. The van der Waals surface area contributed by atoms with Crippen molar-refractivity contribution in [3.63, 3.8) is 0 Å². The minimum atomic E-state index is -0.415. The average Bonchev–Trinajstić information content (AvgIpc) is 3.39. The van der Waals surface area contributed by atoms with Crippen LogP contribution in [0.2, 0.25) is 5.02 Å². The quantitative estimate of drug-likeness (QED) is 0.234. The summed E-state index contributed by atoms with van der Waals surface area (Å²) in [6, 6.07) is 19.9.